The van der Waals surface area contributed by atoms with Crippen molar-refractivity contribution in [3.05, 3.63) is 88.5 Å². The van der Waals surface area contributed by atoms with Gasteiger partial charge in [0.25, 0.3) is 5.56 Å². The van der Waals surface area contributed by atoms with Gasteiger partial charge in [-0.05, 0) is 60.2 Å². The zero-order chi connectivity index (χ0) is 20.5. The number of ether oxygens (including phenoxy) is 3. The standard InChI is InChI=1S/C24H18N2O4/c1-28-18-10-8-17(9-11-18)26-23(25-20-5-3-2-4-19(20)24(26)27)13-7-16-6-12-21-22(14-16)30-15-29-21/h2-14H,15H2,1H3/b13-7+. The number of benzene rings is 3. The van der Waals surface area contributed by atoms with Gasteiger partial charge in [-0.25, -0.2) is 4.98 Å². The first-order valence-corrected chi connectivity index (χ1v) is 9.47. The third-order valence-corrected chi connectivity index (χ3v) is 4.95. The summed E-state index contributed by atoms with van der Waals surface area (Å²) in [5, 5.41) is 0.563. The molecule has 5 rings (SSSR count). The molecule has 6 nitrogen and oxygen atoms in total. The Balaban J connectivity index is 1.65. The summed E-state index contributed by atoms with van der Waals surface area (Å²) in [5.74, 6) is 2.68. The lowest BCUT2D eigenvalue weighted by atomic mass is 10.1. The van der Waals surface area contributed by atoms with Crippen molar-refractivity contribution in [2.24, 2.45) is 0 Å². The van der Waals surface area contributed by atoms with Crippen LogP contribution in [0.5, 0.6) is 17.2 Å². The van der Waals surface area contributed by atoms with E-state index in [1.165, 1.54) is 0 Å². The monoisotopic (exact) mass is 398 g/mol. The SMILES string of the molecule is COc1ccc(-n2c(/C=C/c3ccc4c(c3)OCO4)nc3ccccc3c2=O)cc1. The van der Waals surface area contributed by atoms with Crippen molar-refractivity contribution in [3.63, 3.8) is 0 Å². The zero-order valence-electron chi connectivity index (χ0n) is 16.2. The highest BCUT2D eigenvalue weighted by molar-refractivity contribution is 5.80. The van der Waals surface area contributed by atoms with Gasteiger partial charge >= 0.3 is 0 Å². The molecule has 0 atom stereocenters. The van der Waals surface area contributed by atoms with Crippen LogP contribution in [0, 0.1) is 0 Å². The molecule has 2 heterocycles. The average Bonchev–Trinajstić information content (AvgIpc) is 3.26. The Morgan fingerprint density at radius 2 is 1.77 bits per heavy atom. The molecule has 0 saturated carbocycles. The summed E-state index contributed by atoms with van der Waals surface area (Å²) in [4.78, 5) is 18.0. The van der Waals surface area contributed by atoms with Crippen LogP contribution in [0.15, 0.2) is 71.5 Å². The molecule has 0 amide bonds. The molecule has 0 bridgehead atoms. The first-order valence-electron chi connectivity index (χ1n) is 9.47. The maximum absolute atomic E-state index is 13.3. The number of aromatic nitrogens is 2. The fraction of sp³-hybridized carbons (Fsp3) is 0.0833. The molecule has 148 valence electrons. The molecular formula is C24H18N2O4. The summed E-state index contributed by atoms with van der Waals surface area (Å²) < 4.78 is 17.6. The van der Waals surface area contributed by atoms with E-state index in [1.54, 1.807) is 17.7 Å². The number of hydrogen-bond donors (Lipinski definition) is 0. The Labute approximate surface area is 172 Å². The van der Waals surface area contributed by atoms with Crippen LogP contribution in [-0.4, -0.2) is 23.5 Å². The second-order valence-electron chi connectivity index (χ2n) is 6.77. The second kappa shape index (κ2) is 7.40. The number of hydrogen-bond acceptors (Lipinski definition) is 5. The molecule has 1 aromatic heterocycles. The fourth-order valence-electron chi connectivity index (χ4n) is 3.43. The average molecular weight is 398 g/mol. The normalized spacial score (nSPS) is 12.6. The quantitative estimate of drug-likeness (QED) is 0.513. The van der Waals surface area contributed by atoms with Crippen molar-refractivity contribution in [3.8, 4) is 22.9 Å². The summed E-state index contributed by atoms with van der Waals surface area (Å²) in [7, 11) is 1.61. The molecule has 4 aromatic rings. The van der Waals surface area contributed by atoms with E-state index in [1.807, 2.05) is 72.8 Å². The Kier molecular flexibility index (Phi) is 4.44. The lowest BCUT2D eigenvalue weighted by Gasteiger charge is -2.12. The van der Waals surface area contributed by atoms with E-state index < -0.39 is 0 Å². The summed E-state index contributed by atoms with van der Waals surface area (Å²) in [6.07, 6.45) is 3.73. The van der Waals surface area contributed by atoms with Gasteiger partial charge < -0.3 is 14.2 Å². The predicted molar refractivity (Wildman–Crippen MR) is 115 cm³/mol. The smallest absolute Gasteiger partial charge is 0.266 e. The second-order valence-corrected chi connectivity index (χ2v) is 6.77. The van der Waals surface area contributed by atoms with Crippen LogP contribution in [0.3, 0.4) is 0 Å². The minimum atomic E-state index is -0.129. The Hall–Kier alpha value is -4.06. The van der Waals surface area contributed by atoms with Gasteiger partial charge in [-0.3, -0.25) is 9.36 Å². The van der Waals surface area contributed by atoms with Crippen LogP contribution >= 0.6 is 0 Å². The largest absolute Gasteiger partial charge is 0.497 e. The minimum absolute atomic E-state index is 0.129. The van der Waals surface area contributed by atoms with Crippen LogP contribution in [0.4, 0.5) is 0 Å². The van der Waals surface area contributed by atoms with E-state index in [4.69, 9.17) is 19.2 Å². The van der Waals surface area contributed by atoms with Gasteiger partial charge in [-0.1, -0.05) is 24.3 Å². The van der Waals surface area contributed by atoms with E-state index in [0.717, 1.165) is 17.1 Å². The van der Waals surface area contributed by atoms with E-state index in [9.17, 15) is 4.79 Å². The lowest BCUT2D eigenvalue weighted by molar-refractivity contribution is 0.174. The van der Waals surface area contributed by atoms with Crippen molar-refractivity contribution in [2.45, 2.75) is 0 Å². The van der Waals surface area contributed by atoms with Crippen molar-refractivity contribution >= 4 is 23.1 Å². The Morgan fingerprint density at radius 1 is 0.967 bits per heavy atom. The number of para-hydroxylation sites is 1. The molecule has 0 radical (unpaired) electrons. The van der Waals surface area contributed by atoms with Gasteiger partial charge in [-0.15, -0.1) is 0 Å². The van der Waals surface area contributed by atoms with Gasteiger partial charge in [0.1, 0.15) is 11.6 Å². The number of rotatable bonds is 4. The molecule has 3 aromatic carbocycles. The Bertz CT molecular complexity index is 1320. The number of fused-ring (bicyclic) bond motifs is 2. The maximum atomic E-state index is 13.3. The van der Waals surface area contributed by atoms with Crippen molar-refractivity contribution < 1.29 is 14.2 Å². The van der Waals surface area contributed by atoms with Crippen LogP contribution < -0.4 is 19.8 Å². The van der Waals surface area contributed by atoms with Crippen LogP contribution in [0.2, 0.25) is 0 Å². The van der Waals surface area contributed by atoms with Crippen molar-refractivity contribution in [1.82, 2.24) is 9.55 Å². The van der Waals surface area contributed by atoms with E-state index in [0.29, 0.717) is 28.2 Å². The third kappa shape index (κ3) is 3.18. The Morgan fingerprint density at radius 3 is 2.60 bits per heavy atom. The van der Waals surface area contributed by atoms with Gasteiger partial charge in [-0.2, -0.15) is 0 Å². The van der Waals surface area contributed by atoms with Gasteiger partial charge in [0, 0.05) is 0 Å². The summed E-state index contributed by atoms with van der Waals surface area (Å²) >= 11 is 0. The third-order valence-electron chi connectivity index (χ3n) is 4.95. The molecule has 6 heteroatoms. The molecular weight excluding hydrogens is 380 g/mol. The lowest BCUT2D eigenvalue weighted by Crippen LogP contribution is -2.22. The van der Waals surface area contributed by atoms with Crippen LogP contribution in [-0.2, 0) is 0 Å². The highest BCUT2D eigenvalue weighted by Crippen LogP contribution is 2.33. The van der Waals surface area contributed by atoms with Gasteiger partial charge in [0.2, 0.25) is 6.79 Å². The topological polar surface area (TPSA) is 62.6 Å². The molecule has 1 aliphatic rings. The van der Waals surface area contributed by atoms with Crippen molar-refractivity contribution in [1.29, 1.82) is 0 Å². The molecule has 0 fully saturated rings. The molecule has 0 aliphatic carbocycles. The van der Waals surface area contributed by atoms with Gasteiger partial charge in [0.15, 0.2) is 11.5 Å². The molecule has 0 spiro atoms. The summed E-state index contributed by atoms with van der Waals surface area (Å²) in [5.41, 5.74) is 2.15. The molecule has 30 heavy (non-hydrogen) atoms. The highest BCUT2D eigenvalue weighted by Gasteiger charge is 2.13. The molecule has 0 unspecified atom stereocenters. The molecule has 0 N–H and O–H groups in total. The first kappa shape index (κ1) is 18.0. The maximum Gasteiger partial charge on any atom is 0.266 e. The summed E-state index contributed by atoms with van der Waals surface area (Å²) in [6.45, 7) is 0.228. The number of methoxy groups -OCH3 is 1. The number of nitrogens with zero attached hydrogens (tertiary/aromatic N) is 2. The van der Waals surface area contributed by atoms with E-state index in [2.05, 4.69) is 0 Å². The minimum Gasteiger partial charge on any atom is -0.497 e. The molecule has 1 aliphatic heterocycles. The predicted octanol–water partition coefficient (Wildman–Crippen LogP) is 4.29. The summed E-state index contributed by atoms with van der Waals surface area (Å²) in [6, 6.07) is 20.4. The zero-order valence-corrected chi connectivity index (χ0v) is 16.2. The molecule has 0 saturated heterocycles. The first-order chi connectivity index (χ1) is 14.7. The highest BCUT2D eigenvalue weighted by atomic mass is 16.7. The van der Waals surface area contributed by atoms with Crippen LogP contribution in [0.25, 0.3) is 28.7 Å². The van der Waals surface area contributed by atoms with E-state index in [-0.39, 0.29) is 12.4 Å². The van der Waals surface area contributed by atoms with E-state index >= 15 is 0 Å². The van der Waals surface area contributed by atoms with Gasteiger partial charge in [0.05, 0.1) is 23.7 Å². The fourth-order valence-corrected chi connectivity index (χ4v) is 3.43. The van der Waals surface area contributed by atoms with Crippen molar-refractivity contribution in [2.75, 3.05) is 13.9 Å². The van der Waals surface area contributed by atoms with Crippen LogP contribution in [0.1, 0.15) is 11.4 Å².